The van der Waals surface area contributed by atoms with E-state index in [1.165, 1.54) is 6.20 Å². The molecule has 0 aliphatic carbocycles. The van der Waals surface area contributed by atoms with Crippen LogP contribution in [-0.4, -0.2) is 30.3 Å². The van der Waals surface area contributed by atoms with Gasteiger partial charge in [-0.25, -0.2) is 18.1 Å². The fraction of sp³-hybridized carbons (Fsp3) is 0.250. The lowest BCUT2D eigenvalue weighted by atomic mass is 10.1. The van der Waals surface area contributed by atoms with Gasteiger partial charge >= 0.3 is 0 Å². The first-order valence-electron chi connectivity index (χ1n) is 8.90. The van der Waals surface area contributed by atoms with Crippen molar-refractivity contribution in [3.05, 3.63) is 71.5 Å². The summed E-state index contributed by atoms with van der Waals surface area (Å²) in [4.78, 5) is 20.9. The number of rotatable bonds is 7. The van der Waals surface area contributed by atoms with Crippen LogP contribution in [0.2, 0.25) is 0 Å². The molecule has 0 aliphatic heterocycles. The van der Waals surface area contributed by atoms with Gasteiger partial charge in [0.05, 0.1) is 23.0 Å². The van der Waals surface area contributed by atoms with Gasteiger partial charge in [0.1, 0.15) is 5.69 Å². The Morgan fingerprint density at radius 2 is 1.64 bits per heavy atom. The van der Waals surface area contributed by atoms with Gasteiger partial charge in [-0.15, -0.1) is 0 Å². The smallest absolute Gasteiger partial charge is 0.271 e. The second-order valence-corrected chi connectivity index (χ2v) is 8.53. The average molecular weight is 398 g/mol. The molecule has 7 nitrogen and oxygen atoms in total. The van der Waals surface area contributed by atoms with Crippen molar-refractivity contribution in [2.75, 3.05) is 0 Å². The molecule has 1 aromatic heterocycles. The molecule has 0 fully saturated rings. The Bertz CT molecular complexity index is 1080. The number of amides is 1. The molecule has 0 atom stereocenters. The fourth-order valence-corrected chi connectivity index (χ4v) is 4.15. The van der Waals surface area contributed by atoms with Gasteiger partial charge in [0.15, 0.2) is 0 Å². The maximum atomic E-state index is 12.3. The summed E-state index contributed by atoms with van der Waals surface area (Å²) in [7, 11) is -3.36. The third-order valence-electron chi connectivity index (χ3n) is 3.93. The van der Waals surface area contributed by atoms with Crippen molar-refractivity contribution < 1.29 is 13.2 Å². The minimum atomic E-state index is -3.36. The number of fused-ring (bicyclic) bond motifs is 1. The molecule has 0 spiro atoms. The highest BCUT2D eigenvalue weighted by molar-refractivity contribution is 7.88. The molecule has 3 aromatic rings. The standard InChI is InChI=1S/C20H22N4O3S/c1-14(2)24-28(26,27)13-16-9-7-15(8-10-16)11-22-20(25)19-12-21-17-5-3-4-6-18(17)23-19/h3-10,12,14,24H,11,13H2,1-2H3,(H,22,25). The first-order chi connectivity index (χ1) is 13.3. The maximum absolute atomic E-state index is 12.3. The van der Waals surface area contributed by atoms with Crippen molar-refractivity contribution in [1.29, 1.82) is 0 Å². The van der Waals surface area contributed by atoms with E-state index in [0.717, 1.165) is 11.1 Å². The van der Waals surface area contributed by atoms with Gasteiger partial charge < -0.3 is 5.32 Å². The molecule has 146 valence electrons. The van der Waals surface area contributed by atoms with Crippen molar-refractivity contribution in [2.24, 2.45) is 0 Å². The summed E-state index contributed by atoms with van der Waals surface area (Å²) in [6, 6.07) is 14.3. The zero-order valence-corrected chi connectivity index (χ0v) is 16.5. The molecule has 0 bridgehead atoms. The van der Waals surface area contributed by atoms with Crippen LogP contribution in [0.1, 0.15) is 35.5 Å². The summed E-state index contributed by atoms with van der Waals surface area (Å²) in [5.41, 5.74) is 3.19. The fourth-order valence-electron chi connectivity index (χ4n) is 2.71. The molecule has 1 amide bonds. The summed E-state index contributed by atoms with van der Waals surface area (Å²) in [5, 5.41) is 2.80. The Morgan fingerprint density at radius 3 is 2.32 bits per heavy atom. The van der Waals surface area contributed by atoms with Crippen molar-refractivity contribution in [2.45, 2.75) is 32.2 Å². The van der Waals surface area contributed by atoms with E-state index in [1.807, 2.05) is 18.2 Å². The molecule has 0 aliphatic rings. The van der Waals surface area contributed by atoms with Crippen LogP contribution in [0.4, 0.5) is 0 Å². The number of carbonyl (C=O) groups is 1. The number of carbonyl (C=O) groups excluding carboxylic acids is 1. The number of nitrogens with one attached hydrogen (secondary N) is 2. The highest BCUT2D eigenvalue weighted by Crippen LogP contribution is 2.10. The zero-order chi connectivity index (χ0) is 20.1. The normalized spacial score (nSPS) is 11.7. The van der Waals surface area contributed by atoms with Gasteiger partial charge in [-0.05, 0) is 37.1 Å². The molecule has 2 N–H and O–H groups in total. The molecule has 1 heterocycles. The van der Waals surface area contributed by atoms with E-state index in [-0.39, 0.29) is 23.4 Å². The first kappa shape index (κ1) is 19.9. The summed E-state index contributed by atoms with van der Waals surface area (Å²) in [6.45, 7) is 3.87. The van der Waals surface area contributed by atoms with Gasteiger partial charge in [0.2, 0.25) is 10.0 Å². The highest BCUT2D eigenvalue weighted by atomic mass is 32.2. The summed E-state index contributed by atoms with van der Waals surface area (Å²) < 4.78 is 26.5. The van der Waals surface area contributed by atoms with E-state index in [4.69, 9.17) is 0 Å². The molecule has 0 saturated carbocycles. The Morgan fingerprint density at radius 1 is 1.00 bits per heavy atom. The summed E-state index contributed by atoms with van der Waals surface area (Å²) in [5.74, 6) is -0.393. The average Bonchev–Trinajstić information content (AvgIpc) is 2.65. The van der Waals surface area contributed by atoms with E-state index in [1.54, 1.807) is 44.2 Å². The Balaban J connectivity index is 1.60. The third-order valence-corrected chi connectivity index (χ3v) is 5.47. The monoisotopic (exact) mass is 398 g/mol. The lowest BCUT2D eigenvalue weighted by Gasteiger charge is -2.10. The minimum Gasteiger partial charge on any atom is -0.347 e. The second-order valence-electron chi connectivity index (χ2n) is 6.77. The number of hydrogen-bond acceptors (Lipinski definition) is 5. The Hall–Kier alpha value is -2.84. The van der Waals surface area contributed by atoms with Crippen LogP contribution in [0.25, 0.3) is 11.0 Å². The van der Waals surface area contributed by atoms with Crippen molar-refractivity contribution >= 4 is 27.0 Å². The third kappa shape index (κ3) is 5.34. The number of benzene rings is 2. The van der Waals surface area contributed by atoms with Gasteiger partial charge in [0, 0.05) is 12.6 Å². The zero-order valence-electron chi connectivity index (χ0n) is 15.7. The predicted octanol–water partition coefficient (Wildman–Crippen LogP) is 2.39. The van der Waals surface area contributed by atoms with E-state index in [0.29, 0.717) is 17.6 Å². The second kappa shape index (κ2) is 8.45. The van der Waals surface area contributed by atoms with Crippen molar-refractivity contribution in [1.82, 2.24) is 20.0 Å². The van der Waals surface area contributed by atoms with Crippen molar-refractivity contribution in [3.8, 4) is 0 Å². The Kier molecular flexibility index (Phi) is 6.01. The van der Waals surface area contributed by atoms with Gasteiger partial charge in [-0.3, -0.25) is 9.78 Å². The molecule has 0 unspecified atom stereocenters. The molecule has 2 aromatic carbocycles. The lowest BCUT2D eigenvalue weighted by molar-refractivity contribution is 0.0946. The quantitative estimate of drug-likeness (QED) is 0.636. The molecule has 0 radical (unpaired) electrons. The van der Waals surface area contributed by atoms with E-state index < -0.39 is 10.0 Å². The van der Waals surface area contributed by atoms with Crippen molar-refractivity contribution in [3.63, 3.8) is 0 Å². The Labute approximate surface area is 164 Å². The van der Waals surface area contributed by atoms with Crippen LogP contribution in [0.3, 0.4) is 0 Å². The lowest BCUT2D eigenvalue weighted by Crippen LogP contribution is -2.31. The van der Waals surface area contributed by atoms with Gasteiger partial charge in [-0.2, -0.15) is 0 Å². The van der Waals surface area contributed by atoms with E-state index >= 15 is 0 Å². The molecule has 8 heteroatoms. The van der Waals surface area contributed by atoms with Crippen LogP contribution < -0.4 is 10.0 Å². The maximum Gasteiger partial charge on any atom is 0.271 e. The molecule has 0 saturated heterocycles. The van der Waals surface area contributed by atoms with Gasteiger partial charge in [0.25, 0.3) is 5.91 Å². The summed E-state index contributed by atoms with van der Waals surface area (Å²) >= 11 is 0. The summed E-state index contributed by atoms with van der Waals surface area (Å²) in [6.07, 6.45) is 1.45. The SMILES string of the molecule is CC(C)NS(=O)(=O)Cc1ccc(CNC(=O)c2cnc3ccccc3n2)cc1. The number of para-hydroxylation sites is 2. The largest absolute Gasteiger partial charge is 0.347 e. The molecule has 28 heavy (non-hydrogen) atoms. The predicted molar refractivity (Wildman–Crippen MR) is 108 cm³/mol. The number of nitrogens with zero attached hydrogens (tertiary/aromatic N) is 2. The number of aromatic nitrogens is 2. The number of hydrogen-bond donors (Lipinski definition) is 2. The topological polar surface area (TPSA) is 101 Å². The molecular formula is C20H22N4O3S. The first-order valence-corrected chi connectivity index (χ1v) is 10.6. The van der Waals surface area contributed by atoms with Crippen LogP contribution in [0, 0.1) is 0 Å². The number of sulfonamides is 1. The molecule has 3 rings (SSSR count). The minimum absolute atomic E-state index is 0.0789. The van der Waals surface area contributed by atoms with Crippen LogP contribution in [-0.2, 0) is 22.3 Å². The highest BCUT2D eigenvalue weighted by Gasteiger charge is 2.13. The van der Waals surface area contributed by atoms with Crippen LogP contribution >= 0.6 is 0 Å². The van der Waals surface area contributed by atoms with Crippen LogP contribution in [0.5, 0.6) is 0 Å². The van der Waals surface area contributed by atoms with Gasteiger partial charge in [-0.1, -0.05) is 36.4 Å². The molecular weight excluding hydrogens is 376 g/mol. The van der Waals surface area contributed by atoms with E-state index in [2.05, 4.69) is 20.0 Å². The van der Waals surface area contributed by atoms with Crippen LogP contribution in [0.15, 0.2) is 54.7 Å². The van der Waals surface area contributed by atoms with E-state index in [9.17, 15) is 13.2 Å².